The molecule has 2 heterocycles. The van der Waals surface area contributed by atoms with Gasteiger partial charge in [-0.2, -0.15) is 5.10 Å². The van der Waals surface area contributed by atoms with Gasteiger partial charge in [0, 0.05) is 28.6 Å². The number of carbonyl (C=O) groups excluding carboxylic acids is 2. The highest BCUT2D eigenvalue weighted by atomic mass is 35.5. The third-order valence-electron chi connectivity index (χ3n) is 3.54. The molecule has 0 bridgehead atoms. The van der Waals surface area contributed by atoms with Crippen molar-refractivity contribution in [2.45, 2.75) is 6.42 Å². The first kappa shape index (κ1) is 15.7. The van der Waals surface area contributed by atoms with E-state index >= 15 is 0 Å². The minimum Gasteiger partial charge on any atom is -0.312 e. The van der Waals surface area contributed by atoms with Crippen molar-refractivity contribution in [1.82, 2.24) is 5.43 Å². The number of carbonyl (C=O) groups is 2. The molecule has 1 atom stereocenters. The van der Waals surface area contributed by atoms with Gasteiger partial charge in [-0.1, -0.05) is 17.7 Å². The number of hydrogen-bond donors (Lipinski definition) is 1. The zero-order valence-corrected chi connectivity index (χ0v) is 13.7. The molecule has 0 spiro atoms. The van der Waals surface area contributed by atoms with Gasteiger partial charge in [0.2, 0.25) is 11.8 Å². The molecule has 0 aliphatic carbocycles. The van der Waals surface area contributed by atoms with Crippen LogP contribution < -0.4 is 10.3 Å². The quantitative estimate of drug-likeness (QED) is 0.682. The molecule has 5 nitrogen and oxygen atoms in total. The standard InChI is InChI=1S/C16H14ClN3O2S/c17-12-3-5-13(6-4-12)20-10-11(8-15(20)21)16(22)19-18-9-14-2-1-7-23-14/h1-7,9,11H,8,10H2,(H,19,22)/b18-9+. The largest absolute Gasteiger partial charge is 0.312 e. The van der Waals surface area contributed by atoms with Crippen molar-refractivity contribution in [1.29, 1.82) is 0 Å². The molecule has 1 aromatic carbocycles. The van der Waals surface area contributed by atoms with E-state index in [1.54, 1.807) is 35.4 Å². The van der Waals surface area contributed by atoms with Gasteiger partial charge in [0.1, 0.15) is 0 Å². The van der Waals surface area contributed by atoms with Gasteiger partial charge in [-0.25, -0.2) is 5.43 Å². The predicted molar refractivity (Wildman–Crippen MR) is 92.0 cm³/mol. The Balaban J connectivity index is 1.60. The molecule has 23 heavy (non-hydrogen) atoms. The molecule has 1 N–H and O–H groups in total. The molecule has 7 heteroatoms. The van der Waals surface area contributed by atoms with Crippen LogP contribution in [0.1, 0.15) is 11.3 Å². The molecule has 1 aliphatic rings. The molecule has 2 amide bonds. The van der Waals surface area contributed by atoms with Crippen LogP contribution in [-0.2, 0) is 9.59 Å². The van der Waals surface area contributed by atoms with E-state index < -0.39 is 5.92 Å². The van der Waals surface area contributed by atoms with Crippen LogP contribution >= 0.6 is 22.9 Å². The lowest BCUT2D eigenvalue weighted by Gasteiger charge is -2.16. The number of halogens is 1. The first-order valence-electron chi connectivity index (χ1n) is 7.06. The molecule has 1 aliphatic heterocycles. The van der Waals surface area contributed by atoms with Crippen LogP contribution in [0.25, 0.3) is 0 Å². The van der Waals surface area contributed by atoms with Crippen molar-refractivity contribution < 1.29 is 9.59 Å². The van der Waals surface area contributed by atoms with Gasteiger partial charge in [0.25, 0.3) is 0 Å². The van der Waals surface area contributed by atoms with Crippen LogP contribution in [0.15, 0.2) is 46.9 Å². The smallest absolute Gasteiger partial charge is 0.245 e. The number of nitrogens with zero attached hydrogens (tertiary/aromatic N) is 2. The fourth-order valence-electron chi connectivity index (χ4n) is 2.37. The fraction of sp³-hybridized carbons (Fsp3) is 0.188. The summed E-state index contributed by atoms with van der Waals surface area (Å²) in [5, 5.41) is 6.47. The summed E-state index contributed by atoms with van der Waals surface area (Å²) in [6.45, 7) is 0.348. The van der Waals surface area contributed by atoms with Crippen LogP contribution in [0.2, 0.25) is 5.02 Å². The van der Waals surface area contributed by atoms with Crippen molar-refractivity contribution in [2.75, 3.05) is 11.4 Å². The summed E-state index contributed by atoms with van der Waals surface area (Å²) in [6, 6.07) is 10.8. The van der Waals surface area contributed by atoms with Crippen LogP contribution in [0.4, 0.5) is 5.69 Å². The Morgan fingerprint density at radius 1 is 1.35 bits per heavy atom. The molecule has 0 saturated carbocycles. The molecule has 1 unspecified atom stereocenters. The second kappa shape index (κ2) is 6.93. The lowest BCUT2D eigenvalue weighted by Crippen LogP contribution is -2.30. The van der Waals surface area contributed by atoms with Crippen molar-refractivity contribution in [3.8, 4) is 0 Å². The SMILES string of the molecule is O=C(N/N=C/c1cccs1)C1CC(=O)N(c2ccc(Cl)cc2)C1. The van der Waals surface area contributed by atoms with E-state index in [-0.39, 0.29) is 18.2 Å². The third kappa shape index (κ3) is 3.78. The average Bonchev–Trinajstić information content (AvgIpc) is 3.18. The molecular weight excluding hydrogens is 334 g/mol. The summed E-state index contributed by atoms with van der Waals surface area (Å²) >= 11 is 7.38. The lowest BCUT2D eigenvalue weighted by atomic mass is 10.1. The highest BCUT2D eigenvalue weighted by molar-refractivity contribution is 7.11. The molecule has 1 saturated heterocycles. The number of nitrogens with one attached hydrogen (secondary N) is 1. The summed E-state index contributed by atoms with van der Waals surface area (Å²) in [5.74, 6) is -0.726. The van der Waals surface area contributed by atoms with E-state index in [2.05, 4.69) is 10.5 Å². The average molecular weight is 348 g/mol. The second-order valence-electron chi connectivity index (χ2n) is 5.13. The van der Waals surface area contributed by atoms with E-state index in [4.69, 9.17) is 11.6 Å². The van der Waals surface area contributed by atoms with Gasteiger partial charge in [-0.15, -0.1) is 11.3 Å². The van der Waals surface area contributed by atoms with Crippen LogP contribution in [0, 0.1) is 5.92 Å². The van der Waals surface area contributed by atoms with E-state index in [9.17, 15) is 9.59 Å². The van der Waals surface area contributed by atoms with Crippen LogP contribution in [0.3, 0.4) is 0 Å². The molecule has 3 rings (SSSR count). The maximum absolute atomic E-state index is 12.1. The summed E-state index contributed by atoms with van der Waals surface area (Å²) in [4.78, 5) is 26.8. The third-order valence-corrected chi connectivity index (χ3v) is 4.60. The number of rotatable bonds is 4. The molecular formula is C16H14ClN3O2S. The zero-order valence-electron chi connectivity index (χ0n) is 12.1. The second-order valence-corrected chi connectivity index (χ2v) is 6.55. The van der Waals surface area contributed by atoms with Gasteiger partial charge < -0.3 is 4.90 Å². The summed E-state index contributed by atoms with van der Waals surface area (Å²) < 4.78 is 0. The number of hydrogen-bond acceptors (Lipinski definition) is 4. The van der Waals surface area contributed by atoms with Crippen LogP contribution in [0.5, 0.6) is 0 Å². The lowest BCUT2D eigenvalue weighted by molar-refractivity contribution is -0.126. The molecule has 2 aromatic rings. The molecule has 1 aromatic heterocycles. The van der Waals surface area contributed by atoms with Crippen molar-refractivity contribution in [3.05, 3.63) is 51.7 Å². The first-order chi connectivity index (χ1) is 11.1. The fourth-order valence-corrected chi connectivity index (χ4v) is 3.08. The summed E-state index contributed by atoms with van der Waals surface area (Å²) in [5.41, 5.74) is 3.25. The number of thiophene rings is 1. The minimum atomic E-state index is -0.404. The first-order valence-corrected chi connectivity index (χ1v) is 8.31. The van der Waals surface area contributed by atoms with Gasteiger partial charge in [-0.05, 0) is 35.7 Å². The Labute approximate surface area is 142 Å². The van der Waals surface area contributed by atoms with Gasteiger partial charge >= 0.3 is 0 Å². The van der Waals surface area contributed by atoms with E-state index in [1.165, 1.54) is 11.3 Å². The molecule has 0 radical (unpaired) electrons. The van der Waals surface area contributed by atoms with Crippen molar-refractivity contribution in [2.24, 2.45) is 11.0 Å². The van der Waals surface area contributed by atoms with Crippen LogP contribution in [-0.4, -0.2) is 24.6 Å². The Morgan fingerprint density at radius 2 is 2.13 bits per heavy atom. The Hall–Kier alpha value is -2.18. The normalized spacial score (nSPS) is 17.9. The topological polar surface area (TPSA) is 61.8 Å². The highest BCUT2D eigenvalue weighted by Gasteiger charge is 2.35. The van der Waals surface area contributed by atoms with E-state index in [0.717, 1.165) is 10.6 Å². The van der Waals surface area contributed by atoms with Gasteiger partial charge in [-0.3, -0.25) is 9.59 Å². The molecule has 1 fully saturated rings. The highest BCUT2D eigenvalue weighted by Crippen LogP contribution is 2.26. The summed E-state index contributed by atoms with van der Waals surface area (Å²) in [7, 11) is 0. The Morgan fingerprint density at radius 3 is 2.83 bits per heavy atom. The van der Waals surface area contributed by atoms with E-state index in [0.29, 0.717) is 11.6 Å². The number of hydrazone groups is 1. The number of anilines is 1. The monoisotopic (exact) mass is 347 g/mol. The minimum absolute atomic E-state index is 0.0743. The van der Waals surface area contributed by atoms with Crippen molar-refractivity contribution >= 4 is 46.7 Å². The Bertz CT molecular complexity index is 728. The molecule has 118 valence electrons. The Kier molecular flexibility index (Phi) is 4.73. The predicted octanol–water partition coefficient (Wildman–Crippen LogP) is 2.90. The number of amides is 2. The van der Waals surface area contributed by atoms with Crippen molar-refractivity contribution in [3.63, 3.8) is 0 Å². The van der Waals surface area contributed by atoms with E-state index in [1.807, 2.05) is 17.5 Å². The summed E-state index contributed by atoms with van der Waals surface area (Å²) in [6.07, 6.45) is 1.78. The van der Waals surface area contributed by atoms with Gasteiger partial charge in [0.05, 0.1) is 12.1 Å². The van der Waals surface area contributed by atoms with Gasteiger partial charge in [0.15, 0.2) is 0 Å². The maximum Gasteiger partial charge on any atom is 0.245 e. The maximum atomic E-state index is 12.1. The number of benzene rings is 1. The zero-order chi connectivity index (χ0) is 16.2.